The van der Waals surface area contributed by atoms with Gasteiger partial charge >= 0.3 is 0 Å². The Morgan fingerprint density at radius 2 is 1.92 bits per heavy atom. The number of ether oxygens (including phenoxy) is 1. The van der Waals surface area contributed by atoms with Crippen LogP contribution in [0.3, 0.4) is 0 Å². The van der Waals surface area contributed by atoms with E-state index in [4.69, 9.17) is 20.1 Å². The van der Waals surface area contributed by atoms with Crippen molar-refractivity contribution in [1.29, 1.82) is 0 Å². The summed E-state index contributed by atoms with van der Waals surface area (Å²) in [6, 6.07) is 5.53. The number of aromatic nitrogens is 2. The summed E-state index contributed by atoms with van der Waals surface area (Å²) in [6.07, 6.45) is 6.42. The van der Waals surface area contributed by atoms with Crippen molar-refractivity contribution in [3.8, 4) is 5.75 Å². The fraction of sp³-hybridized carbons (Fsp3) is 0.250. The minimum Gasteiger partial charge on any atom is -0.452 e. The van der Waals surface area contributed by atoms with Gasteiger partial charge in [0.05, 0.1) is 12.5 Å². The van der Waals surface area contributed by atoms with Crippen LogP contribution in [0.15, 0.2) is 48.7 Å². The van der Waals surface area contributed by atoms with Crippen LogP contribution in [0, 0.1) is 21.3 Å². The summed E-state index contributed by atoms with van der Waals surface area (Å²) in [7, 11) is 0. The SMILES string of the molecule is CC(C)(C)C(=O)/C(=C/n1ccnc1)Oc1ccc(F)cc1.O=[N+]([O-])O. The first-order valence-corrected chi connectivity index (χ1v) is 7.10. The van der Waals surface area contributed by atoms with Crippen LogP contribution >= 0.6 is 0 Å². The molecule has 0 saturated carbocycles. The molecule has 0 fully saturated rings. The number of rotatable bonds is 4. The van der Waals surface area contributed by atoms with Crippen molar-refractivity contribution in [3.05, 3.63) is 64.7 Å². The monoisotopic (exact) mass is 351 g/mol. The largest absolute Gasteiger partial charge is 0.452 e. The van der Waals surface area contributed by atoms with Crippen molar-refractivity contribution < 1.29 is 24.2 Å². The molecule has 25 heavy (non-hydrogen) atoms. The fourth-order valence-electron chi connectivity index (χ4n) is 1.61. The minimum absolute atomic E-state index is 0.152. The van der Waals surface area contributed by atoms with Crippen LogP contribution in [0.4, 0.5) is 4.39 Å². The molecule has 1 heterocycles. The molecule has 0 atom stereocenters. The van der Waals surface area contributed by atoms with Gasteiger partial charge in [0.2, 0.25) is 5.78 Å². The molecular weight excluding hydrogens is 333 g/mol. The van der Waals surface area contributed by atoms with Gasteiger partial charge in [-0.3, -0.25) is 4.79 Å². The van der Waals surface area contributed by atoms with Gasteiger partial charge in [0.1, 0.15) is 11.6 Å². The normalized spacial score (nSPS) is 11.3. The minimum atomic E-state index is -1.50. The third kappa shape index (κ3) is 7.25. The van der Waals surface area contributed by atoms with Crippen LogP contribution in [0.1, 0.15) is 20.8 Å². The maximum absolute atomic E-state index is 12.9. The fourth-order valence-corrected chi connectivity index (χ4v) is 1.61. The van der Waals surface area contributed by atoms with Crippen LogP contribution in [-0.2, 0) is 4.79 Å². The van der Waals surface area contributed by atoms with Crippen LogP contribution < -0.4 is 4.74 Å². The molecule has 0 aliphatic heterocycles. The molecular formula is C16H18FN3O5. The lowest BCUT2D eigenvalue weighted by Crippen LogP contribution is -2.25. The molecule has 2 aromatic rings. The first-order chi connectivity index (χ1) is 11.6. The highest BCUT2D eigenvalue weighted by molar-refractivity contribution is 6.00. The molecule has 134 valence electrons. The van der Waals surface area contributed by atoms with E-state index in [-0.39, 0.29) is 17.4 Å². The van der Waals surface area contributed by atoms with Crippen LogP contribution in [0.25, 0.3) is 6.20 Å². The summed E-state index contributed by atoms with van der Waals surface area (Å²) in [5.74, 6) is 0.0673. The summed E-state index contributed by atoms with van der Waals surface area (Å²) in [6.45, 7) is 5.43. The van der Waals surface area contributed by atoms with Gasteiger partial charge in [-0.15, -0.1) is 10.1 Å². The third-order valence-corrected chi connectivity index (χ3v) is 2.74. The first kappa shape index (κ1) is 19.8. The second kappa shape index (κ2) is 8.57. The van der Waals surface area contributed by atoms with Gasteiger partial charge in [0, 0.05) is 17.8 Å². The Labute approximate surface area is 143 Å². The number of hydrogen-bond donors (Lipinski definition) is 1. The number of Topliss-reactive ketones (excluding diaryl/α,β-unsaturated/α-hetero) is 1. The van der Waals surface area contributed by atoms with E-state index in [1.807, 2.05) is 20.8 Å². The van der Waals surface area contributed by atoms with Gasteiger partial charge in [-0.2, -0.15) is 0 Å². The molecule has 0 saturated heterocycles. The van der Waals surface area contributed by atoms with E-state index < -0.39 is 10.5 Å². The second-order valence-electron chi connectivity index (χ2n) is 5.88. The molecule has 2 rings (SSSR count). The zero-order valence-corrected chi connectivity index (χ0v) is 13.9. The number of imidazole rings is 1. The third-order valence-electron chi connectivity index (χ3n) is 2.74. The van der Waals surface area contributed by atoms with Gasteiger partial charge in [0.25, 0.3) is 5.09 Å². The lowest BCUT2D eigenvalue weighted by atomic mass is 9.90. The number of halogens is 1. The summed E-state index contributed by atoms with van der Waals surface area (Å²) >= 11 is 0. The van der Waals surface area contributed by atoms with E-state index in [1.54, 1.807) is 29.5 Å². The highest BCUT2D eigenvalue weighted by Gasteiger charge is 2.27. The van der Waals surface area contributed by atoms with Gasteiger partial charge in [0.15, 0.2) is 5.76 Å². The van der Waals surface area contributed by atoms with Crippen LogP contribution in [0.5, 0.6) is 5.75 Å². The highest BCUT2D eigenvalue weighted by atomic mass is 19.1. The van der Waals surface area contributed by atoms with E-state index in [0.29, 0.717) is 5.75 Å². The summed E-state index contributed by atoms with van der Waals surface area (Å²) in [4.78, 5) is 24.7. The Hall–Kier alpha value is -3.23. The number of hydrogen-bond acceptors (Lipinski definition) is 5. The number of benzene rings is 1. The molecule has 1 aromatic carbocycles. The number of allylic oxidation sites excluding steroid dienone is 1. The average molecular weight is 351 g/mol. The lowest BCUT2D eigenvalue weighted by Gasteiger charge is -2.19. The number of carbonyl (C=O) groups is 1. The Balaban J connectivity index is 0.000000705. The average Bonchev–Trinajstić information content (AvgIpc) is 2.99. The molecule has 0 spiro atoms. The summed E-state index contributed by atoms with van der Waals surface area (Å²) < 4.78 is 20.2. The van der Waals surface area contributed by atoms with Crippen molar-refractivity contribution in [2.75, 3.05) is 0 Å². The predicted molar refractivity (Wildman–Crippen MR) is 86.8 cm³/mol. The molecule has 9 heteroatoms. The zero-order chi connectivity index (χ0) is 19.0. The second-order valence-corrected chi connectivity index (χ2v) is 5.88. The number of nitrogens with zero attached hydrogens (tertiary/aromatic N) is 3. The predicted octanol–water partition coefficient (Wildman–Crippen LogP) is 3.17. The maximum Gasteiger partial charge on any atom is 0.291 e. The van der Waals surface area contributed by atoms with Crippen LogP contribution in [0.2, 0.25) is 0 Å². The zero-order valence-electron chi connectivity index (χ0n) is 13.9. The Bertz CT molecular complexity index is 730. The van der Waals surface area contributed by atoms with E-state index >= 15 is 0 Å². The highest BCUT2D eigenvalue weighted by Crippen LogP contribution is 2.23. The molecule has 1 N–H and O–H groups in total. The quantitative estimate of drug-likeness (QED) is 0.392. The molecule has 0 unspecified atom stereocenters. The Morgan fingerprint density at radius 3 is 2.36 bits per heavy atom. The molecule has 0 aliphatic carbocycles. The first-order valence-electron chi connectivity index (χ1n) is 7.10. The summed E-state index contributed by atoms with van der Waals surface area (Å²) in [5, 5.41) is 13.6. The van der Waals surface area contributed by atoms with E-state index in [2.05, 4.69) is 4.98 Å². The molecule has 8 nitrogen and oxygen atoms in total. The van der Waals surface area contributed by atoms with Crippen molar-refractivity contribution >= 4 is 12.0 Å². The van der Waals surface area contributed by atoms with E-state index in [0.717, 1.165) is 0 Å². The molecule has 0 amide bonds. The van der Waals surface area contributed by atoms with Crippen molar-refractivity contribution in [3.63, 3.8) is 0 Å². The molecule has 0 bridgehead atoms. The van der Waals surface area contributed by atoms with Crippen LogP contribution in [-0.4, -0.2) is 25.6 Å². The standard InChI is InChI=1S/C16H17FN2O2.HNO3/c1-16(2,3)15(20)14(10-19-9-8-18-11-19)21-13-6-4-12(17)5-7-13;2-1(3)4/h4-11H,1-3H3;(H,2,3,4)/b14-10-;. The number of ketones is 1. The Morgan fingerprint density at radius 1 is 1.36 bits per heavy atom. The molecule has 1 aromatic heterocycles. The molecule has 0 radical (unpaired) electrons. The number of carbonyl (C=O) groups excluding carboxylic acids is 1. The van der Waals surface area contributed by atoms with Crippen molar-refractivity contribution in [2.24, 2.45) is 5.41 Å². The lowest BCUT2D eigenvalue weighted by molar-refractivity contribution is -0.742. The van der Waals surface area contributed by atoms with E-state index in [1.165, 1.54) is 24.3 Å². The van der Waals surface area contributed by atoms with Gasteiger partial charge in [-0.1, -0.05) is 20.8 Å². The van der Waals surface area contributed by atoms with Gasteiger partial charge in [-0.05, 0) is 24.3 Å². The van der Waals surface area contributed by atoms with E-state index in [9.17, 15) is 9.18 Å². The summed E-state index contributed by atoms with van der Waals surface area (Å²) in [5.41, 5.74) is -0.591. The molecule has 0 aliphatic rings. The Kier molecular flexibility index (Phi) is 6.80. The van der Waals surface area contributed by atoms with Crippen molar-refractivity contribution in [1.82, 2.24) is 9.55 Å². The topological polar surface area (TPSA) is 107 Å². The maximum atomic E-state index is 12.9. The van der Waals surface area contributed by atoms with Crippen molar-refractivity contribution in [2.45, 2.75) is 20.8 Å². The smallest absolute Gasteiger partial charge is 0.291 e. The van der Waals surface area contributed by atoms with Gasteiger partial charge in [-0.25, -0.2) is 9.37 Å². The van der Waals surface area contributed by atoms with Gasteiger partial charge < -0.3 is 14.5 Å².